The van der Waals surface area contributed by atoms with Gasteiger partial charge in [-0.15, -0.1) is 11.3 Å². The highest BCUT2D eigenvalue weighted by Crippen LogP contribution is 2.32. The van der Waals surface area contributed by atoms with Gasteiger partial charge >= 0.3 is 5.97 Å². The molecular formula is C22H24ClN3O3S. The summed E-state index contributed by atoms with van der Waals surface area (Å²) in [5.41, 5.74) is 1.55. The number of carbonyl (C=O) groups excluding carboxylic acids is 2. The molecule has 0 unspecified atom stereocenters. The van der Waals surface area contributed by atoms with Crippen molar-refractivity contribution in [3.8, 4) is 5.69 Å². The molecule has 3 aromatic rings. The van der Waals surface area contributed by atoms with Gasteiger partial charge in [0.25, 0.3) is 5.91 Å². The lowest BCUT2D eigenvalue weighted by Gasteiger charge is -2.15. The van der Waals surface area contributed by atoms with E-state index in [1.807, 2.05) is 25.1 Å². The maximum Gasteiger partial charge on any atom is 0.348 e. The number of benzene rings is 1. The van der Waals surface area contributed by atoms with Gasteiger partial charge < -0.3 is 10.1 Å². The zero-order valence-electron chi connectivity index (χ0n) is 16.8. The van der Waals surface area contributed by atoms with Crippen LogP contribution in [0.3, 0.4) is 0 Å². The van der Waals surface area contributed by atoms with Crippen LogP contribution in [0.2, 0.25) is 5.02 Å². The zero-order valence-corrected chi connectivity index (χ0v) is 18.4. The minimum atomic E-state index is -0.502. The Balaban J connectivity index is 1.44. The van der Waals surface area contributed by atoms with Gasteiger partial charge in [-0.25, -0.2) is 9.48 Å². The van der Waals surface area contributed by atoms with Gasteiger partial charge in [0.2, 0.25) is 0 Å². The number of aromatic nitrogens is 2. The number of amides is 1. The summed E-state index contributed by atoms with van der Waals surface area (Å²) < 4.78 is 7.02. The highest BCUT2D eigenvalue weighted by Gasteiger charge is 2.20. The number of fused-ring (bicyclic) bond motifs is 1. The maximum atomic E-state index is 12.5. The lowest BCUT2D eigenvalue weighted by molar-refractivity contribution is -0.125. The van der Waals surface area contributed by atoms with Crippen LogP contribution in [0.15, 0.2) is 30.3 Å². The van der Waals surface area contributed by atoms with Gasteiger partial charge in [0.15, 0.2) is 6.61 Å². The van der Waals surface area contributed by atoms with Gasteiger partial charge in [0, 0.05) is 11.4 Å². The third-order valence-electron chi connectivity index (χ3n) is 5.38. The molecule has 0 atom stereocenters. The Labute approximate surface area is 184 Å². The number of esters is 1. The molecule has 0 bridgehead atoms. The summed E-state index contributed by atoms with van der Waals surface area (Å²) in [6.45, 7) is 1.62. The van der Waals surface area contributed by atoms with Gasteiger partial charge in [-0.1, -0.05) is 49.4 Å². The number of rotatable bonds is 5. The Bertz CT molecular complexity index is 1070. The molecule has 1 aliphatic rings. The molecular weight excluding hydrogens is 422 g/mol. The van der Waals surface area contributed by atoms with Gasteiger partial charge in [0.05, 0.1) is 16.4 Å². The quantitative estimate of drug-likeness (QED) is 0.440. The Morgan fingerprint density at radius 2 is 1.97 bits per heavy atom. The standard InChI is InChI=1S/C22H24ClN3O3S/c1-14-16-12-19(30-21(16)26(25-14)18-11-7-6-10-17(18)23)22(28)29-13-20(27)24-15-8-4-2-3-5-9-15/h6-7,10-12,15H,2-5,8-9,13H2,1H3,(H,24,27). The molecule has 0 aliphatic heterocycles. The minimum Gasteiger partial charge on any atom is -0.451 e. The van der Waals surface area contributed by atoms with Gasteiger partial charge in [-0.3, -0.25) is 4.79 Å². The number of nitrogens with zero attached hydrogens (tertiary/aromatic N) is 2. The molecule has 1 amide bonds. The van der Waals surface area contributed by atoms with Crippen molar-refractivity contribution < 1.29 is 14.3 Å². The third-order valence-corrected chi connectivity index (χ3v) is 6.79. The number of aryl methyl sites for hydroxylation is 1. The highest BCUT2D eigenvalue weighted by molar-refractivity contribution is 7.20. The maximum absolute atomic E-state index is 12.5. The van der Waals surface area contributed by atoms with E-state index in [-0.39, 0.29) is 18.6 Å². The Hall–Kier alpha value is -2.38. The Morgan fingerprint density at radius 3 is 2.70 bits per heavy atom. The number of thiophene rings is 1. The van der Waals surface area contributed by atoms with Crippen molar-refractivity contribution in [1.29, 1.82) is 0 Å². The molecule has 158 valence electrons. The Kier molecular flexibility index (Phi) is 6.39. The van der Waals surface area contributed by atoms with E-state index in [2.05, 4.69) is 10.4 Å². The van der Waals surface area contributed by atoms with E-state index in [9.17, 15) is 9.59 Å². The van der Waals surface area contributed by atoms with Crippen LogP contribution in [0.1, 0.15) is 53.9 Å². The normalized spacial score (nSPS) is 15.1. The molecule has 6 nitrogen and oxygen atoms in total. The molecule has 0 radical (unpaired) electrons. The predicted octanol–water partition coefficient (Wildman–Crippen LogP) is 5.04. The van der Waals surface area contributed by atoms with E-state index in [1.165, 1.54) is 24.2 Å². The summed E-state index contributed by atoms with van der Waals surface area (Å²) in [6, 6.07) is 9.38. The Morgan fingerprint density at radius 1 is 1.23 bits per heavy atom. The number of hydrogen-bond acceptors (Lipinski definition) is 5. The predicted molar refractivity (Wildman–Crippen MR) is 119 cm³/mol. The van der Waals surface area contributed by atoms with Crippen LogP contribution in [0, 0.1) is 6.92 Å². The highest BCUT2D eigenvalue weighted by atomic mass is 35.5. The fourth-order valence-corrected chi connectivity index (χ4v) is 5.12. The van der Waals surface area contributed by atoms with E-state index in [4.69, 9.17) is 16.3 Å². The van der Waals surface area contributed by atoms with Crippen molar-refractivity contribution in [2.75, 3.05) is 6.61 Å². The second kappa shape index (κ2) is 9.18. The first kappa shape index (κ1) is 20.9. The molecule has 1 N–H and O–H groups in total. The topological polar surface area (TPSA) is 73.2 Å². The van der Waals surface area contributed by atoms with E-state index >= 15 is 0 Å². The smallest absolute Gasteiger partial charge is 0.348 e. The molecule has 2 heterocycles. The van der Waals surface area contributed by atoms with Crippen molar-refractivity contribution in [2.24, 2.45) is 0 Å². The summed E-state index contributed by atoms with van der Waals surface area (Å²) >= 11 is 7.60. The molecule has 30 heavy (non-hydrogen) atoms. The lowest BCUT2D eigenvalue weighted by Crippen LogP contribution is -2.37. The van der Waals surface area contributed by atoms with Crippen LogP contribution in [0.25, 0.3) is 15.9 Å². The van der Waals surface area contributed by atoms with E-state index in [1.54, 1.807) is 16.8 Å². The molecule has 4 rings (SSSR count). The zero-order chi connectivity index (χ0) is 21.1. The SMILES string of the molecule is Cc1nn(-c2ccccc2Cl)c2sc(C(=O)OCC(=O)NC3CCCCCC3)cc12. The fraction of sp³-hybridized carbons (Fsp3) is 0.409. The van der Waals surface area contributed by atoms with Crippen LogP contribution in [0.5, 0.6) is 0 Å². The summed E-state index contributed by atoms with van der Waals surface area (Å²) in [4.78, 5) is 26.0. The van der Waals surface area contributed by atoms with Crippen LogP contribution < -0.4 is 5.32 Å². The molecule has 2 aromatic heterocycles. The summed E-state index contributed by atoms with van der Waals surface area (Å²) in [5.74, 6) is -0.743. The second-order valence-corrected chi connectivity index (χ2v) is 9.05. The van der Waals surface area contributed by atoms with Crippen molar-refractivity contribution in [1.82, 2.24) is 15.1 Å². The summed E-state index contributed by atoms with van der Waals surface area (Å²) in [5, 5.41) is 8.99. The van der Waals surface area contributed by atoms with Crippen LogP contribution in [-0.2, 0) is 9.53 Å². The average molecular weight is 446 g/mol. The van der Waals surface area contributed by atoms with Crippen molar-refractivity contribution >= 4 is 45.0 Å². The van der Waals surface area contributed by atoms with E-state index in [0.29, 0.717) is 9.90 Å². The van der Waals surface area contributed by atoms with Crippen LogP contribution in [0.4, 0.5) is 0 Å². The van der Waals surface area contributed by atoms with Gasteiger partial charge in [-0.2, -0.15) is 5.10 Å². The summed E-state index contributed by atoms with van der Waals surface area (Å²) in [6.07, 6.45) is 6.70. The minimum absolute atomic E-state index is 0.187. The second-order valence-electron chi connectivity index (χ2n) is 7.61. The number of ether oxygens (including phenoxy) is 1. The number of para-hydroxylation sites is 1. The lowest BCUT2D eigenvalue weighted by atomic mass is 10.1. The molecule has 1 aliphatic carbocycles. The molecule has 8 heteroatoms. The summed E-state index contributed by atoms with van der Waals surface area (Å²) in [7, 11) is 0. The van der Waals surface area contributed by atoms with E-state index < -0.39 is 5.97 Å². The first-order valence-electron chi connectivity index (χ1n) is 10.2. The fourth-order valence-electron chi connectivity index (χ4n) is 3.83. The number of halogens is 1. The van der Waals surface area contributed by atoms with Crippen molar-refractivity contribution in [3.05, 3.63) is 45.9 Å². The van der Waals surface area contributed by atoms with Crippen molar-refractivity contribution in [3.63, 3.8) is 0 Å². The first-order chi connectivity index (χ1) is 14.5. The number of nitrogens with one attached hydrogen (secondary N) is 1. The van der Waals surface area contributed by atoms with Crippen LogP contribution in [-0.4, -0.2) is 34.3 Å². The number of carbonyl (C=O) groups is 2. The van der Waals surface area contributed by atoms with Gasteiger partial charge in [-0.05, 0) is 38.0 Å². The van der Waals surface area contributed by atoms with Crippen molar-refractivity contribution in [2.45, 2.75) is 51.5 Å². The molecule has 0 saturated heterocycles. The molecule has 0 spiro atoms. The number of hydrogen-bond donors (Lipinski definition) is 1. The largest absolute Gasteiger partial charge is 0.451 e. The first-order valence-corrected chi connectivity index (χ1v) is 11.4. The third kappa shape index (κ3) is 4.52. The molecule has 1 fully saturated rings. The van der Waals surface area contributed by atoms with Gasteiger partial charge in [0.1, 0.15) is 9.71 Å². The average Bonchev–Trinajstić information content (AvgIpc) is 3.19. The molecule has 1 saturated carbocycles. The van der Waals surface area contributed by atoms with Crippen LogP contribution >= 0.6 is 22.9 Å². The molecule has 1 aromatic carbocycles. The monoisotopic (exact) mass is 445 g/mol. The van der Waals surface area contributed by atoms with E-state index in [0.717, 1.165) is 47.3 Å².